The SMILES string of the molecule is CCC[C@H](NC(=O)C[C@@H](C)CCC=C(C)C)C(=O)Nc1ncc(C)s1. The third-order valence-corrected chi connectivity index (χ3v) is 4.65. The standard InChI is InChI=1S/C19H31N3O2S/c1-6-8-16(18(24)22-19-20-12-15(5)25-19)21-17(23)11-14(4)10-7-9-13(2)3/h9,12,14,16H,6-8,10-11H2,1-5H3,(H,21,23)(H,20,22,24)/t14-,16-/m0/s1. The number of nitrogens with zero attached hydrogens (tertiary/aromatic N) is 1. The van der Waals surface area contributed by atoms with E-state index in [4.69, 9.17) is 0 Å². The second kappa shape index (κ2) is 11.0. The summed E-state index contributed by atoms with van der Waals surface area (Å²) < 4.78 is 0. The zero-order valence-electron chi connectivity index (χ0n) is 16.0. The molecule has 0 saturated heterocycles. The van der Waals surface area contributed by atoms with Gasteiger partial charge in [0.2, 0.25) is 11.8 Å². The molecule has 1 aromatic heterocycles. The van der Waals surface area contributed by atoms with Gasteiger partial charge in [-0.15, -0.1) is 11.3 Å². The first kappa shape index (κ1) is 21.4. The normalized spacial score (nSPS) is 13.0. The highest BCUT2D eigenvalue weighted by Crippen LogP contribution is 2.17. The van der Waals surface area contributed by atoms with Gasteiger partial charge in [0, 0.05) is 17.5 Å². The Hall–Kier alpha value is -1.69. The second-order valence-electron chi connectivity index (χ2n) is 6.84. The summed E-state index contributed by atoms with van der Waals surface area (Å²) in [4.78, 5) is 29.9. The molecule has 140 valence electrons. The van der Waals surface area contributed by atoms with Gasteiger partial charge in [0.15, 0.2) is 5.13 Å². The molecule has 0 unspecified atom stereocenters. The molecular formula is C19H31N3O2S. The van der Waals surface area contributed by atoms with E-state index in [-0.39, 0.29) is 11.8 Å². The Morgan fingerprint density at radius 3 is 2.60 bits per heavy atom. The Labute approximate surface area is 155 Å². The van der Waals surface area contributed by atoms with Crippen molar-refractivity contribution in [3.63, 3.8) is 0 Å². The number of thiazole rings is 1. The zero-order valence-corrected chi connectivity index (χ0v) is 16.8. The number of hydrogen-bond acceptors (Lipinski definition) is 4. The average molecular weight is 366 g/mol. The molecule has 2 N–H and O–H groups in total. The molecule has 2 amide bonds. The van der Waals surface area contributed by atoms with E-state index in [1.54, 1.807) is 6.20 Å². The fraction of sp³-hybridized carbons (Fsp3) is 0.632. The van der Waals surface area contributed by atoms with Gasteiger partial charge in [-0.2, -0.15) is 0 Å². The van der Waals surface area contributed by atoms with Gasteiger partial charge in [-0.1, -0.05) is 31.9 Å². The van der Waals surface area contributed by atoms with Gasteiger partial charge >= 0.3 is 0 Å². The average Bonchev–Trinajstić information content (AvgIpc) is 2.91. The van der Waals surface area contributed by atoms with E-state index in [0.717, 1.165) is 24.1 Å². The number of nitrogens with one attached hydrogen (secondary N) is 2. The fourth-order valence-corrected chi connectivity index (χ4v) is 3.16. The number of hydrogen-bond donors (Lipinski definition) is 2. The molecule has 0 bridgehead atoms. The van der Waals surface area contributed by atoms with E-state index in [9.17, 15) is 9.59 Å². The van der Waals surface area contributed by atoms with Crippen LogP contribution in [0.15, 0.2) is 17.8 Å². The number of aromatic nitrogens is 1. The van der Waals surface area contributed by atoms with E-state index in [0.29, 0.717) is 23.9 Å². The third-order valence-electron chi connectivity index (χ3n) is 3.83. The van der Waals surface area contributed by atoms with Crippen molar-refractivity contribution in [3.8, 4) is 0 Å². The molecule has 25 heavy (non-hydrogen) atoms. The molecule has 0 aliphatic heterocycles. The van der Waals surface area contributed by atoms with E-state index < -0.39 is 6.04 Å². The van der Waals surface area contributed by atoms with Crippen LogP contribution in [0, 0.1) is 12.8 Å². The van der Waals surface area contributed by atoms with Gasteiger partial charge in [0.1, 0.15) is 6.04 Å². The molecular weight excluding hydrogens is 334 g/mol. The summed E-state index contributed by atoms with van der Waals surface area (Å²) in [6, 6.07) is -0.508. The van der Waals surface area contributed by atoms with Gasteiger partial charge in [-0.05, 0) is 46.0 Å². The lowest BCUT2D eigenvalue weighted by molar-refractivity contribution is -0.127. The zero-order chi connectivity index (χ0) is 18.8. The van der Waals surface area contributed by atoms with Crippen molar-refractivity contribution >= 4 is 28.3 Å². The van der Waals surface area contributed by atoms with Crippen molar-refractivity contribution in [3.05, 3.63) is 22.7 Å². The molecule has 1 rings (SSSR count). The molecule has 0 aliphatic carbocycles. The van der Waals surface area contributed by atoms with Gasteiger partial charge < -0.3 is 10.6 Å². The summed E-state index contributed by atoms with van der Waals surface area (Å²) >= 11 is 1.43. The quantitative estimate of drug-likeness (QED) is 0.602. The first-order chi connectivity index (χ1) is 11.8. The van der Waals surface area contributed by atoms with Crippen LogP contribution in [-0.4, -0.2) is 22.8 Å². The van der Waals surface area contributed by atoms with Crippen molar-refractivity contribution < 1.29 is 9.59 Å². The minimum absolute atomic E-state index is 0.0615. The molecule has 5 nitrogen and oxygen atoms in total. The lowest BCUT2D eigenvalue weighted by Crippen LogP contribution is -2.44. The summed E-state index contributed by atoms with van der Waals surface area (Å²) in [6.45, 7) is 10.2. The highest BCUT2D eigenvalue weighted by molar-refractivity contribution is 7.15. The van der Waals surface area contributed by atoms with Crippen LogP contribution in [0.3, 0.4) is 0 Å². The maximum Gasteiger partial charge on any atom is 0.248 e. The van der Waals surface area contributed by atoms with Crippen LogP contribution in [-0.2, 0) is 9.59 Å². The minimum atomic E-state index is -0.508. The van der Waals surface area contributed by atoms with Crippen LogP contribution in [0.2, 0.25) is 0 Å². The van der Waals surface area contributed by atoms with Crippen molar-refractivity contribution in [2.75, 3.05) is 5.32 Å². The summed E-state index contributed by atoms with van der Waals surface area (Å²) in [5.74, 6) is 0.0397. The number of anilines is 1. The summed E-state index contributed by atoms with van der Waals surface area (Å²) in [5, 5.41) is 6.26. The maximum absolute atomic E-state index is 12.4. The van der Waals surface area contributed by atoms with E-state index >= 15 is 0 Å². The van der Waals surface area contributed by atoms with Crippen LogP contribution in [0.4, 0.5) is 5.13 Å². The van der Waals surface area contributed by atoms with Crippen LogP contribution in [0.25, 0.3) is 0 Å². The topological polar surface area (TPSA) is 71.1 Å². The molecule has 2 atom stereocenters. The molecule has 1 aromatic rings. The lowest BCUT2D eigenvalue weighted by atomic mass is 10.00. The Kier molecular flexibility index (Phi) is 9.42. The number of allylic oxidation sites excluding steroid dienone is 2. The van der Waals surface area contributed by atoms with E-state index in [2.05, 4.69) is 42.5 Å². The highest BCUT2D eigenvalue weighted by Gasteiger charge is 2.21. The number of carbonyl (C=O) groups excluding carboxylic acids is 2. The number of amides is 2. The first-order valence-electron chi connectivity index (χ1n) is 8.97. The first-order valence-corrected chi connectivity index (χ1v) is 9.79. The highest BCUT2D eigenvalue weighted by atomic mass is 32.1. The summed E-state index contributed by atoms with van der Waals surface area (Å²) in [6.07, 6.45) is 7.76. The largest absolute Gasteiger partial charge is 0.344 e. The lowest BCUT2D eigenvalue weighted by Gasteiger charge is -2.18. The van der Waals surface area contributed by atoms with Gasteiger partial charge in [-0.25, -0.2) is 4.98 Å². The van der Waals surface area contributed by atoms with Crippen molar-refractivity contribution in [2.45, 2.75) is 72.8 Å². The van der Waals surface area contributed by atoms with Crippen LogP contribution in [0.5, 0.6) is 0 Å². The molecule has 1 heterocycles. The van der Waals surface area contributed by atoms with Crippen molar-refractivity contribution in [1.29, 1.82) is 0 Å². The molecule has 0 spiro atoms. The monoisotopic (exact) mass is 365 g/mol. The molecule has 0 aromatic carbocycles. The van der Waals surface area contributed by atoms with Crippen LogP contribution in [0.1, 0.15) is 64.7 Å². The number of rotatable bonds is 10. The van der Waals surface area contributed by atoms with Crippen LogP contribution >= 0.6 is 11.3 Å². The van der Waals surface area contributed by atoms with E-state index in [1.165, 1.54) is 16.9 Å². The number of carbonyl (C=O) groups is 2. The summed E-state index contributed by atoms with van der Waals surface area (Å²) in [5.41, 5.74) is 1.30. The van der Waals surface area contributed by atoms with E-state index in [1.807, 2.05) is 13.8 Å². The molecule has 6 heteroatoms. The molecule has 0 radical (unpaired) electrons. The predicted octanol–water partition coefficient (Wildman–Crippen LogP) is 4.45. The molecule has 0 aliphatic rings. The Morgan fingerprint density at radius 1 is 1.32 bits per heavy atom. The maximum atomic E-state index is 12.4. The summed E-state index contributed by atoms with van der Waals surface area (Å²) in [7, 11) is 0. The van der Waals surface area contributed by atoms with Gasteiger partial charge in [0.05, 0.1) is 0 Å². The molecule has 0 fully saturated rings. The number of aryl methyl sites for hydroxylation is 1. The van der Waals surface area contributed by atoms with Crippen molar-refractivity contribution in [2.24, 2.45) is 5.92 Å². The minimum Gasteiger partial charge on any atom is -0.344 e. The van der Waals surface area contributed by atoms with Gasteiger partial charge in [0.25, 0.3) is 0 Å². The smallest absolute Gasteiger partial charge is 0.248 e. The van der Waals surface area contributed by atoms with Crippen LogP contribution < -0.4 is 10.6 Å². The second-order valence-corrected chi connectivity index (χ2v) is 8.08. The van der Waals surface area contributed by atoms with Gasteiger partial charge in [-0.3, -0.25) is 9.59 Å². The Balaban J connectivity index is 2.50. The van der Waals surface area contributed by atoms with Crippen molar-refractivity contribution in [1.82, 2.24) is 10.3 Å². The third kappa shape index (κ3) is 8.82. The predicted molar refractivity (Wildman–Crippen MR) is 105 cm³/mol. The Morgan fingerprint density at radius 2 is 2.04 bits per heavy atom. The Bertz CT molecular complexity index is 591. The molecule has 0 saturated carbocycles. The fourth-order valence-electron chi connectivity index (χ4n) is 2.49.